The van der Waals surface area contributed by atoms with Crippen molar-refractivity contribution in [3.8, 4) is 11.5 Å². The number of benzene rings is 2. The summed E-state index contributed by atoms with van der Waals surface area (Å²) in [6.07, 6.45) is 4.20. The Bertz CT molecular complexity index is 968. The van der Waals surface area contributed by atoms with Crippen LogP contribution >= 0.6 is 0 Å². The quantitative estimate of drug-likeness (QED) is 0.625. The second kappa shape index (κ2) is 7.80. The van der Waals surface area contributed by atoms with Crippen LogP contribution in [0, 0.1) is 0 Å². The number of nitrogens with zero attached hydrogens (tertiary/aromatic N) is 1. The second-order valence-electron chi connectivity index (χ2n) is 7.39. The van der Waals surface area contributed by atoms with Gasteiger partial charge in [0, 0.05) is 29.2 Å². The van der Waals surface area contributed by atoms with Crippen LogP contribution < -0.4 is 9.47 Å². The van der Waals surface area contributed by atoms with Crippen LogP contribution in [0.2, 0.25) is 0 Å². The molecule has 1 aliphatic carbocycles. The van der Waals surface area contributed by atoms with Gasteiger partial charge >= 0.3 is 6.61 Å². The normalized spacial score (nSPS) is 16.1. The molecule has 1 N–H and O–H groups in total. The summed E-state index contributed by atoms with van der Waals surface area (Å²) in [6, 6.07) is 11.3. The molecule has 2 aromatic carbocycles. The molecule has 0 fully saturated rings. The fraction of sp³-hybridized carbons (Fsp3) is 0.364. The molecule has 4 rings (SSSR count). The molecular weight excluding hydrogens is 362 g/mol. The van der Waals surface area contributed by atoms with E-state index in [-0.39, 0.29) is 11.9 Å². The van der Waals surface area contributed by atoms with Gasteiger partial charge in [0.2, 0.25) is 0 Å². The molecule has 3 aromatic rings. The Morgan fingerprint density at radius 2 is 1.93 bits per heavy atom. The number of hydrogen-bond acceptors (Lipinski definition) is 3. The first-order chi connectivity index (χ1) is 13.5. The van der Waals surface area contributed by atoms with Crippen LogP contribution in [-0.2, 0) is 12.8 Å². The monoisotopic (exact) mass is 386 g/mol. The van der Waals surface area contributed by atoms with E-state index in [1.807, 2.05) is 30.5 Å². The van der Waals surface area contributed by atoms with E-state index >= 15 is 0 Å². The number of aromatic nitrogens is 1. The van der Waals surface area contributed by atoms with Gasteiger partial charge in [-0.25, -0.2) is 0 Å². The van der Waals surface area contributed by atoms with Crippen LogP contribution in [0.3, 0.4) is 0 Å². The van der Waals surface area contributed by atoms with Gasteiger partial charge in [0.25, 0.3) is 0 Å². The van der Waals surface area contributed by atoms with Crippen LogP contribution in [0.15, 0.2) is 42.6 Å². The smallest absolute Gasteiger partial charge is 0.387 e. The van der Waals surface area contributed by atoms with Crippen molar-refractivity contribution < 1.29 is 18.3 Å². The average Bonchev–Trinajstić information content (AvgIpc) is 3.25. The van der Waals surface area contributed by atoms with Crippen molar-refractivity contribution in [2.24, 2.45) is 0 Å². The molecule has 6 heteroatoms. The van der Waals surface area contributed by atoms with Gasteiger partial charge in [-0.1, -0.05) is 18.2 Å². The molecule has 148 valence electrons. The predicted octanol–water partition coefficient (Wildman–Crippen LogP) is 4.94. The molecule has 0 saturated carbocycles. The van der Waals surface area contributed by atoms with Crippen LogP contribution in [0.1, 0.15) is 29.2 Å². The van der Waals surface area contributed by atoms with E-state index in [2.05, 4.69) is 28.7 Å². The standard InChI is InChI=1S/C22H24F2N2O2/c1-26(2)12-11-14-13-25-17-6-4-8-20(21(14)17)27-19-10-9-16-15(19)5-3-7-18(16)28-22(23)24/h3-8,13,19,22,25H,9-12H2,1-2H3. The molecule has 1 atom stereocenters. The molecule has 1 aliphatic rings. The SMILES string of the molecule is CN(C)CCc1c[nH]c2cccc(OC3CCc4c(OC(F)F)cccc43)c12. The zero-order valence-corrected chi connectivity index (χ0v) is 16.0. The van der Waals surface area contributed by atoms with Crippen molar-refractivity contribution in [1.82, 2.24) is 9.88 Å². The maximum atomic E-state index is 12.7. The second-order valence-corrected chi connectivity index (χ2v) is 7.39. The van der Waals surface area contributed by atoms with Gasteiger partial charge < -0.3 is 19.4 Å². The summed E-state index contributed by atoms with van der Waals surface area (Å²) in [5, 5.41) is 1.10. The molecule has 0 bridgehead atoms. The topological polar surface area (TPSA) is 37.5 Å². The molecule has 1 aromatic heterocycles. The highest BCUT2D eigenvalue weighted by molar-refractivity contribution is 5.89. The summed E-state index contributed by atoms with van der Waals surface area (Å²) in [5.41, 5.74) is 4.01. The fourth-order valence-electron chi connectivity index (χ4n) is 3.92. The maximum Gasteiger partial charge on any atom is 0.387 e. The first-order valence-electron chi connectivity index (χ1n) is 9.50. The highest BCUT2D eigenvalue weighted by Crippen LogP contribution is 2.41. The molecule has 1 heterocycles. The number of aromatic amines is 1. The highest BCUT2D eigenvalue weighted by atomic mass is 19.3. The average molecular weight is 386 g/mol. The third-order valence-corrected chi connectivity index (χ3v) is 5.24. The molecule has 0 radical (unpaired) electrons. The zero-order chi connectivity index (χ0) is 19.7. The van der Waals surface area contributed by atoms with Crippen LogP contribution in [-0.4, -0.2) is 37.1 Å². The third-order valence-electron chi connectivity index (χ3n) is 5.24. The zero-order valence-electron chi connectivity index (χ0n) is 16.0. The van der Waals surface area contributed by atoms with Crippen molar-refractivity contribution in [2.45, 2.75) is 32.0 Å². The van der Waals surface area contributed by atoms with Crippen LogP contribution in [0.25, 0.3) is 10.9 Å². The van der Waals surface area contributed by atoms with Crippen molar-refractivity contribution >= 4 is 10.9 Å². The van der Waals surface area contributed by atoms with E-state index < -0.39 is 6.61 Å². The minimum atomic E-state index is -2.82. The number of likely N-dealkylation sites (N-methyl/N-ethyl adjacent to an activating group) is 1. The van der Waals surface area contributed by atoms with Crippen molar-refractivity contribution in [2.75, 3.05) is 20.6 Å². The third kappa shape index (κ3) is 3.69. The van der Waals surface area contributed by atoms with Gasteiger partial charge in [-0.05, 0) is 62.7 Å². The predicted molar refractivity (Wildman–Crippen MR) is 105 cm³/mol. The Morgan fingerprint density at radius 1 is 1.14 bits per heavy atom. The van der Waals surface area contributed by atoms with Gasteiger partial charge in [0.15, 0.2) is 0 Å². The van der Waals surface area contributed by atoms with E-state index in [1.165, 1.54) is 5.56 Å². The molecule has 1 unspecified atom stereocenters. The van der Waals surface area contributed by atoms with Gasteiger partial charge in [0.1, 0.15) is 17.6 Å². The number of nitrogens with one attached hydrogen (secondary N) is 1. The summed E-state index contributed by atoms with van der Waals surface area (Å²) < 4.78 is 36.5. The largest absolute Gasteiger partial charge is 0.485 e. The summed E-state index contributed by atoms with van der Waals surface area (Å²) >= 11 is 0. The fourth-order valence-corrected chi connectivity index (χ4v) is 3.92. The summed E-state index contributed by atoms with van der Waals surface area (Å²) in [6.45, 7) is -1.87. The minimum Gasteiger partial charge on any atom is -0.485 e. The molecule has 0 spiro atoms. The van der Waals surface area contributed by atoms with E-state index in [1.54, 1.807) is 12.1 Å². The highest BCUT2D eigenvalue weighted by Gasteiger charge is 2.28. The minimum absolute atomic E-state index is 0.168. The Labute approximate surface area is 163 Å². The molecule has 0 aliphatic heterocycles. The lowest BCUT2D eigenvalue weighted by Gasteiger charge is -2.17. The summed E-state index contributed by atoms with van der Waals surface area (Å²) in [5.74, 6) is 1.08. The summed E-state index contributed by atoms with van der Waals surface area (Å²) in [4.78, 5) is 5.48. The van der Waals surface area contributed by atoms with E-state index in [4.69, 9.17) is 4.74 Å². The van der Waals surface area contributed by atoms with Crippen LogP contribution in [0.4, 0.5) is 8.78 Å². The lowest BCUT2D eigenvalue weighted by atomic mass is 10.1. The van der Waals surface area contributed by atoms with E-state index in [9.17, 15) is 8.78 Å². The lowest BCUT2D eigenvalue weighted by molar-refractivity contribution is -0.0504. The van der Waals surface area contributed by atoms with Gasteiger partial charge in [-0.3, -0.25) is 0 Å². The first-order valence-corrected chi connectivity index (χ1v) is 9.50. The van der Waals surface area contributed by atoms with Gasteiger partial charge in [0.05, 0.1) is 0 Å². The number of alkyl halides is 2. The molecule has 0 amide bonds. The number of fused-ring (bicyclic) bond motifs is 2. The number of hydrogen-bond donors (Lipinski definition) is 1. The Balaban J connectivity index is 1.63. The number of ether oxygens (including phenoxy) is 2. The number of H-pyrrole nitrogens is 1. The van der Waals surface area contributed by atoms with E-state index in [0.29, 0.717) is 6.42 Å². The maximum absolute atomic E-state index is 12.7. The Hall–Kier alpha value is -2.60. The molecule has 0 saturated heterocycles. The van der Waals surface area contributed by atoms with Crippen molar-refractivity contribution in [3.05, 3.63) is 59.3 Å². The lowest BCUT2D eigenvalue weighted by Crippen LogP contribution is -2.15. The van der Waals surface area contributed by atoms with Gasteiger partial charge in [-0.15, -0.1) is 0 Å². The molecular formula is C22H24F2N2O2. The number of halogens is 2. The van der Waals surface area contributed by atoms with Crippen molar-refractivity contribution in [3.63, 3.8) is 0 Å². The Morgan fingerprint density at radius 3 is 2.71 bits per heavy atom. The van der Waals surface area contributed by atoms with Gasteiger partial charge in [-0.2, -0.15) is 8.78 Å². The number of rotatable bonds is 7. The van der Waals surface area contributed by atoms with Crippen molar-refractivity contribution in [1.29, 1.82) is 0 Å². The molecule has 28 heavy (non-hydrogen) atoms. The van der Waals surface area contributed by atoms with E-state index in [0.717, 1.165) is 47.2 Å². The molecule has 4 nitrogen and oxygen atoms in total. The summed E-state index contributed by atoms with van der Waals surface area (Å²) in [7, 11) is 4.11. The Kier molecular flexibility index (Phi) is 5.22. The van der Waals surface area contributed by atoms with Crippen LogP contribution in [0.5, 0.6) is 11.5 Å². The first kappa shape index (κ1) is 18.7.